The van der Waals surface area contributed by atoms with Crippen LogP contribution in [0.25, 0.3) is 0 Å². The number of hydrogen-bond donors (Lipinski definition) is 2. The minimum absolute atomic E-state index is 0.00537. The molecule has 1 saturated heterocycles. The molecule has 8 nitrogen and oxygen atoms in total. The molecule has 0 bridgehead atoms. The lowest BCUT2D eigenvalue weighted by molar-refractivity contribution is -0.123. The van der Waals surface area contributed by atoms with E-state index in [0.717, 1.165) is 0 Å². The van der Waals surface area contributed by atoms with Crippen molar-refractivity contribution in [1.82, 2.24) is 9.71 Å². The fraction of sp³-hybridized carbons (Fsp3) is 0.381. The van der Waals surface area contributed by atoms with E-state index in [0.29, 0.717) is 49.3 Å². The van der Waals surface area contributed by atoms with Crippen molar-refractivity contribution in [3.05, 3.63) is 58.2 Å². The number of amides is 1. The van der Waals surface area contributed by atoms with Crippen molar-refractivity contribution in [2.75, 3.05) is 18.0 Å². The molecule has 2 heterocycles. The first-order valence-corrected chi connectivity index (χ1v) is 12.0. The van der Waals surface area contributed by atoms with E-state index in [1.165, 1.54) is 0 Å². The van der Waals surface area contributed by atoms with E-state index < -0.39 is 27.8 Å². The molecular formula is C21H24ClN3O5S. The predicted molar refractivity (Wildman–Crippen MR) is 118 cm³/mol. The number of aryl methyl sites for hydroxylation is 1. The molecule has 1 aliphatic rings. The molecule has 0 spiro atoms. The molecule has 3 rings (SSSR count). The lowest BCUT2D eigenvalue weighted by atomic mass is 9.96. The van der Waals surface area contributed by atoms with E-state index >= 15 is 0 Å². The second kappa shape index (κ2) is 9.65. The van der Waals surface area contributed by atoms with Crippen molar-refractivity contribution in [3.63, 3.8) is 0 Å². The normalized spacial score (nSPS) is 15.0. The Labute approximate surface area is 186 Å². The number of anilines is 1. The van der Waals surface area contributed by atoms with Crippen molar-refractivity contribution < 1.29 is 23.1 Å². The van der Waals surface area contributed by atoms with Crippen LogP contribution >= 0.6 is 11.6 Å². The number of aromatic carboxylic acids is 1. The third-order valence-electron chi connectivity index (χ3n) is 5.28. The molecular weight excluding hydrogens is 442 g/mol. The highest BCUT2D eigenvalue weighted by atomic mass is 35.5. The minimum atomic E-state index is -3.77. The van der Waals surface area contributed by atoms with Gasteiger partial charge in [0.05, 0.1) is 5.75 Å². The molecule has 10 heteroatoms. The maximum absolute atomic E-state index is 12.5. The van der Waals surface area contributed by atoms with Crippen LogP contribution in [0.15, 0.2) is 36.4 Å². The molecule has 1 aliphatic heterocycles. The number of aromatic nitrogens is 1. The zero-order valence-electron chi connectivity index (χ0n) is 17.0. The Morgan fingerprint density at radius 2 is 1.87 bits per heavy atom. The van der Waals surface area contributed by atoms with Crippen LogP contribution < -0.4 is 9.62 Å². The summed E-state index contributed by atoms with van der Waals surface area (Å²) in [5, 5.41) is 9.27. The summed E-state index contributed by atoms with van der Waals surface area (Å²) in [6, 6.07) is 10.4. The van der Waals surface area contributed by atoms with Crippen LogP contribution in [-0.4, -0.2) is 43.5 Å². The lowest BCUT2D eigenvalue weighted by Gasteiger charge is -2.32. The van der Waals surface area contributed by atoms with Crippen LogP contribution in [0.3, 0.4) is 0 Å². The number of carboxylic acids is 1. The smallest absolute Gasteiger partial charge is 0.339 e. The van der Waals surface area contributed by atoms with Crippen molar-refractivity contribution in [2.45, 2.75) is 31.9 Å². The monoisotopic (exact) mass is 465 g/mol. The number of piperidine rings is 1. The average molecular weight is 466 g/mol. The van der Waals surface area contributed by atoms with Crippen molar-refractivity contribution in [3.8, 4) is 0 Å². The van der Waals surface area contributed by atoms with Crippen molar-refractivity contribution in [1.29, 1.82) is 0 Å². The van der Waals surface area contributed by atoms with Gasteiger partial charge in [-0.05, 0) is 36.5 Å². The number of halogens is 1. The zero-order valence-corrected chi connectivity index (χ0v) is 18.6. The molecule has 2 aromatic rings. The molecule has 1 aromatic carbocycles. The molecule has 0 unspecified atom stereocenters. The molecule has 1 aromatic heterocycles. The van der Waals surface area contributed by atoms with Gasteiger partial charge in [0.15, 0.2) is 0 Å². The van der Waals surface area contributed by atoms with Crippen LogP contribution in [0, 0.1) is 5.92 Å². The van der Waals surface area contributed by atoms with Gasteiger partial charge in [-0.25, -0.2) is 18.2 Å². The third-order valence-corrected chi connectivity index (χ3v) is 6.78. The Morgan fingerprint density at radius 1 is 1.23 bits per heavy atom. The van der Waals surface area contributed by atoms with Crippen LogP contribution in [0.2, 0.25) is 5.15 Å². The van der Waals surface area contributed by atoms with E-state index in [1.807, 2.05) is 11.8 Å². The van der Waals surface area contributed by atoms with Gasteiger partial charge in [-0.3, -0.25) is 9.52 Å². The SMILES string of the molecule is CCc1cc(N2CCC(C(=O)NS(=O)(=O)Cc3ccccc3)CC2)nc(Cl)c1C(=O)O. The topological polar surface area (TPSA) is 117 Å². The number of carboxylic acid groups (broad SMARTS) is 1. The van der Waals surface area contributed by atoms with Crippen LogP contribution in [0.4, 0.5) is 5.82 Å². The molecule has 0 aliphatic carbocycles. The van der Waals surface area contributed by atoms with Crippen LogP contribution in [-0.2, 0) is 27.0 Å². The Bertz CT molecular complexity index is 1070. The molecule has 31 heavy (non-hydrogen) atoms. The Balaban J connectivity index is 1.62. The summed E-state index contributed by atoms with van der Waals surface area (Å²) < 4.78 is 26.8. The van der Waals surface area contributed by atoms with E-state index in [1.54, 1.807) is 36.4 Å². The van der Waals surface area contributed by atoms with Gasteiger partial charge < -0.3 is 10.0 Å². The summed E-state index contributed by atoms with van der Waals surface area (Å²) in [5.74, 6) is -1.75. The fourth-order valence-corrected chi connectivity index (χ4v) is 5.12. The zero-order chi connectivity index (χ0) is 22.6. The van der Waals surface area contributed by atoms with E-state index in [2.05, 4.69) is 9.71 Å². The summed E-state index contributed by atoms with van der Waals surface area (Å²) >= 11 is 6.10. The maximum Gasteiger partial charge on any atom is 0.339 e. The van der Waals surface area contributed by atoms with Crippen LogP contribution in [0.5, 0.6) is 0 Å². The minimum Gasteiger partial charge on any atom is -0.478 e. The van der Waals surface area contributed by atoms with E-state index in [-0.39, 0.29) is 16.5 Å². The van der Waals surface area contributed by atoms with Gasteiger partial charge in [0, 0.05) is 19.0 Å². The number of carbonyl (C=O) groups is 2. The van der Waals surface area contributed by atoms with Gasteiger partial charge in [0.25, 0.3) is 0 Å². The van der Waals surface area contributed by atoms with E-state index in [4.69, 9.17) is 11.6 Å². The van der Waals surface area contributed by atoms with Gasteiger partial charge in [0.2, 0.25) is 15.9 Å². The first kappa shape index (κ1) is 23.0. The maximum atomic E-state index is 12.5. The summed E-state index contributed by atoms with van der Waals surface area (Å²) in [4.78, 5) is 30.1. The second-order valence-corrected chi connectivity index (χ2v) is 9.52. The number of nitrogens with zero attached hydrogens (tertiary/aromatic N) is 2. The molecule has 166 valence electrons. The number of hydrogen-bond acceptors (Lipinski definition) is 6. The fourth-order valence-electron chi connectivity index (χ4n) is 3.65. The molecule has 1 fully saturated rings. The van der Waals surface area contributed by atoms with Crippen molar-refractivity contribution in [2.24, 2.45) is 5.92 Å². The number of sulfonamides is 1. The summed E-state index contributed by atoms with van der Waals surface area (Å²) in [5.41, 5.74) is 1.21. The summed E-state index contributed by atoms with van der Waals surface area (Å²) in [6.45, 7) is 2.81. The number of rotatable bonds is 7. The highest BCUT2D eigenvalue weighted by Gasteiger charge is 2.29. The largest absolute Gasteiger partial charge is 0.478 e. The van der Waals surface area contributed by atoms with E-state index in [9.17, 15) is 23.1 Å². The second-order valence-electron chi connectivity index (χ2n) is 7.44. The highest BCUT2D eigenvalue weighted by molar-refractivity contribution is 7.89. The number of nitrogens with one attached hydrogen (secondary N) is 1. The quantitative estimate of drug-likeness (QED) is 0.604. The molecule has 2 N–H and O–H groups in total. The Kier molecular flexibility index (Phi) is 7.17. The Morgan fingerprint density at radius 3 is 2.45 bits per heavy atom. The predicted octanol–water partition coefficient (Wildman–Crippen LogP) is 2.86. The third kappa shape index (κ3) is 5.74. The molecule has 1 amide bonds. The number of benzene rings is 1. The Hall–Kier alpha value is -2.65. The first-order valence-electron chi connectivity index (χ1n) is 9.96. The number of pyridine rings is 1. The van der Waals surface area contributed by atoms with Crippen molar-refractivity contribution >= 4 is 39.3 Å². The van der Waals surface area contributed by atoms with Gasteiger partial charge in [-0.1, -0.05) is 48.9 Å². The van der Waals surface area contributed by atoms with Gasteiger partial charge in [-0.2, -0.15) is 0 Å². The average Bonchev–Trinajstić information content (AvgIpc) is 2.72. The molecule has 0 radical (unpaired) electrons. The first-order chi connectivity index (χ1) is 14.7. The van der Waals surface area contributed by atoms with Gasteiger partial charge in [-0.15, -0.1) is 0 Å². The standard InChI is InChI=1S/C21H24ClN3O5S/c1-2-15-12-17(23-19(22)18(15)21(27)28)25-10-8-16(9-11-25)20(26)24-31(29,30)13-14-6-4-3-5-7-14/h3-7,12,16H,2,8-11,13H2,1H3,(H,24,26)(H,27,28). The van der Waals surface area contributed by atoms with Gasteiger partial charge in [0.1, 0.15) is 16.5 Å². The molecule has 0 atom stereocenters. The summed E-state index contributed by atoms with van der Waals surface area (Å²) in [7, 11) is -3.77. The highest BCUT2D eigenvalue weighted by Crippen LogP contribution is 2.28. The molecule has 0 saturated carbocycles. The van der Waals surface area contributed by atoms with Crippen LogP contribution in [0.1, 0.15) is 41.3 Å². The van der Waals surface area contributed by atoms with Gasteiger partial charge >= 0.3 is 5.97 Å². The summed E-state index contributed by atoms with van der Waals surface area (Å²) in [6.07, 6.45) is 1.40. The lowest BCUT2D eigenvalue weighted by Crippen LogP contribution is -2.43. The number of carbonyl (C=O) groups excluding carboxylic acids is 1.